The quantitative estimate of drug-likeness (QED) is 0.0907. The highest BCUT2D eigenvalue weighted by Gasteiger charge is 2.33. The van der Waals surface area contributed by atoms with E-state index in [4.69, 9.17) is 26.1 Å². The van der Waals surface area contributed by atoms with Crippen LogP contribution >= 0.6 is 11.6 Å². The smallest absolute Gasteiger partial charge is 0.372 e. The van der Waals surface area contributed by atoms with Crippen molar-refractivity contribution in [1.82, 2.24) is 4.48 Å². The third-order valence-electron chi connectivity index (χ3n) is 10.4. The average Bonchev–Trinajstić information content (AvgIpc) is 3.93. The van der Waals surface area contributed by atoms with Gasteiger partial charge in [0.15, 0.2) is 0 Å². The summed E-state index contributed by atoms with van der Waals surface area (Å²) >= 11 is 7.15. The Kier molecular flexibility index (Phi) is 19.7. The molecule has 1 radical (unpaired) electrons. The van der Waals surface area contributed by atoms with Gasteiger partial charge in [-0.25, -0.2) is 4.99 Å². The van der Waals surface area contributed by atoms with Crippen LogP contribution in [0.5, 0.6) is 0 Å². The third-order valence-corrected chi connectivity index (χ3v) is 10.7. The number of aryl methyl sites for hydroxylation is 1. The summed E-state index contributed by atoms with van der Waals surface area (Å²) in [7, 11) is 3.90. The first-order chi connectivity index (χ1) is 33.1. The number of aromatic nitrogens is 1. The number of methoxy groups -OCH3 is 2. The van der Waals surface area contributed by atoms with Crippen LogP contribution in [0.1, 0.15) is 91.7 Å². The highest BCUT2D eigenvalue weighted by molar-refractivity contribution is 6.33. The van der Waals surface area contributed by atoms with E-state index in [0.717, 1.165) is 96.6 Å². The van der Waals surface area contributed by atoms with Crippen LogP contribution < -0.4 is 0 Å². The molecular formula is C60H60BClFN2O4. The minimum absolute atomic E-state index is 0.139. The molecular weight excluding hydrogens is 878 g/mol. The van der Waals surface area contributed by atoms with Crippen LogP contribution in [0.15, 0.2) is 156 Å². The number of hydrogen-bond acceptors (Lipinski definition) is 5. The van der Waals surface area contributed by atoms with E-state index >= 15 is 4.32 Å². The number of nitrogens with zero attached hydrogens (tertiary/aromatic N) is 2. The number of carbonyl (C=O) groups is 2. The minimum Gasteiger partial charge on any atom is -0.372 e. The molecule has 0 fully saturated rings. The van der Waals surface area contributed by atoms with E-state index in [2.05, 4.69) is 54.0 Å². The van der Waals surface area contributed by atoms with Crippen molar-refractivity contribution in [3.8, 4) is 34.9 Å². The molecule has 351 valence electrons. The highest BCUT2D eigenvalue weighted by atomic mass is 35.5. The molecule has 69 heavy (non-hydrogen) atoms. The van der Waals surface area contributed by atoms with Gasteiger partial charge >= 0.3 is 7.69 Å². The number of allylic oxidation sites excluding steroid dienone is 2. The van der Waals surface area contributed by atoms with Gasteiger partial charge in [0.25, 0.3) is 0 Å². The number of halogens is 2. The molecule has 6 nitrogen and oxygen atoms in total. The van der Waals surface area contributed by atoms with Crippen LogP contribution in [0.25, 0.3) is 16.8 Å². The van der Waals surface area contributed by atoms with E-state index in [0.29, 0.717) is 38.8 Å². The number of rotatable bonds is 7. The van der Waals surface area contributed by atoms with Gasteiger partial charge in [-0.05, 0) is 89.2 Å². The van der Waals surface area contributed by atoms with Crippen LogP contribution in [0.4, 0.5) is 4.32 Å². The summed E-state index contributed by atoms with van der Waals surface area (Å²) in [4.78, 5) is 25.0. The minimum atomic E-state index is -0.139. The van der Waals surface area contributed by atoms with E-state index in [-0.39, 0.29) is 10.8 Å². The van der Waals surface area contributed by atoms with Gasteiger partial charge in [-0.15, -0.1) is 0 Å². The summed E-state index contributed by atoms with van der Waals surface area (Å²) < 4.78 is 27.2. The van der Waals surface area contributed by atoms with Gasteiger partial charge in [-0.3, -0.25) is 0 Å². The second-order valence-electron chi connectivity index (χ2n) is 18.6. The van der Waals surface area contributed by atoms with Crippen LogP contribution in [0, 0.1) is 41.4 Å². The maximum atomic E-state index is 15.4. The van der Waals surface area contributed by atoms with Crippen molar-refractivity contribution in [2.75, 3.05) is 27.4 Å². The second-order valence-corrected chi connectivity index (χ2v) is 19.0. The molecule has 0 unspecified atom stereocenters. The molecule has 0 saturated carbocycles. The normalized spacial score (nSPS) is 13.3. The molecule has 6 aromatic rings. The summed E-state index contributed by atoms with van der Waals surface area (Å²) in [5, 5.41) is 0.618. The topological polar surface area (TPSA) is 69.9 Å². The second kappa shape index (κ2) is 25.5. The maximum Gasteiger partial charge on any atom is 0.495 e. The fraction of sp³-hybridized carbons (Fsp3) is 0.250. The fourth-order valence-electron chi connectivity index (χ4n) is 7.13. The molecule has 0 spiro atoms. The summed E-state index contributed by atoms with van der Waals surface area (Å²) in [5.41, 5.74) is 13.4. The first-order valence-electron chi connectivity index (χ1n) is 22.7. The van der Waals surface area contributed by atoms with E-state index in [9.17, 15) is 9.59 Å². The first-order valence-corrected chi connectivity index (χ1v) is 23.1. The SMILES string of the molecule is CC(C)(C)C=O.CC(C)(C)C=O.COCC#Cc1ccc(C2=N/C(=C3/c4c(Cl)cc(C)cc4Cc4cc(-c5ccc(C#CCOC)cc5)n([B]F)c43)C(Cc3ccccc3)=C2)cc1.c1ccccc1. The molecule has 5 aromatic carbocycles. The van der Waals surface area contributed by atoms with Crippen molar-refractivity contribution in [2.24, 2.45) is 15.8 Å². The third kappa shape index (κ3) is 15.6. The summed E-state index contributed by atoms with van der Waals surface area (Å²) in [6.45, 7) is 14.0. The Morgan fingerprint density at radius 2 is 1.20 bits per heavy atom. The van der Waals surface area contributed by atoms with Crippen LogP contribution in [-0.4, -0.2) is 57.9 Å². The Hall–Kier alpha value is -6.81. The van der Waals surface area contributed by atoms with Crippen molar-refractivity contribution >= 4 is 43.1 Å². The zero-order chi connectivity index (χ0) is 50.0. The van der Waals surface area contributed by atoms with Gasteiger partial charge in [-0.2, -0.15) is 0 Å². The molecule has 0 bridgehead atoms. The predicted octanol–water partition coefficient (Wildman–Crippen LogP) is 12.9. The molecule has 1 aromatic heterocycles. The molecule has 1 aliphatic heterocycles. The van der Waals surface area contributed by atoms with Gasteiger partial charge in [-0.1, -0.05) is 174 Å². The van der Waals surface area contributed by atoms with Crippen LogP contribution in [0.3, 0.4) is 0 Å². The Morgan fingerprint density at radius 3 is 1.68 bits per heavy atom. The Balaban J connectivity index is 0.000000416. The van der Waals surface area contributed by atoms with E-state index in [1.807, 2.05) is 158 Å². The molecule has 2 heterocycles. The lowest BCUT2D eigenvalue weighted by molar-refractivity contribution is -0.114. The monoisotopic (exact) mass is 937 g/mol. The van der Waals surface area contributed by atoms with Gasteiger partial charge in [0.05, 0.1) is 11.4 Å². The number of benzene rings is 5. The number of fused-ring (bicyclic) bond motifs is 2. The lowest BCUT2D eigenvalue weighted by Crippen LogP contribution is -2.15. The number of aliphatic imine (C=N–C) groups is 1. The number of aldehydes is 2. The zero-order valence-corrected chi connectivity index (χ0v) is 41.9. The van der Waals surface area contributed by atoms with Crippen LogP contribution in [0.2, 0.25) is 5.02 Å². The Morgan fingerprint density at radius 1 is 0.710 bits per heavy atom. The van der Waals surface area contributed by atoms with Crippen molar-refractivity contribution in [1.29, 1.82) is 0 Å². The number of ether oxygens (including phenoxy) is 2. The molecule has 0 amide bonds. The first kappa shape index (κ1) is 53.2. The van der Waals surface area contributed by atoms with E-state index in [1.165, 1.54) is 0 Å². The van der Waals surface area contributed by atoms with E-state index in [1.54, 1.807) is 18.7 Å². The van der Waals surface area contributed by atoms with Gasteiger partial charge in [0, 0.05) is 75.7 Å². The molecule has 9 heteroatoms. The standard InChI is InChI=1S/C44H34BClFN2O2.C6H6.2C5H10O/c1-29-23-35-26-37-28-40(34-19-15-31(16-20-34)12-8-22-51-3)49(45-47)44(37)42(41(35)38(46)24-29)43-36(25-32-9-5-4-6-10-32)27-39(48-43)33-17-13-30(14-18-33)11-7-21-50-2;1-2-4-6-5-3-1;2*1-5(2,3)4-6/h4-6,9-10,13-20,23-24,27-28H,21-22,25-26H2,1-3H3;1-6H;2*4H,1-3H3/b43-42-;;;. The Labute approximate surface area is 414 Å². The van der Waals surface area contributed by atoms with Crippen molar-refractivity contribution in [3.63, 3.8) is 0 Å². The molecule has 0 N–H and O–H groups in total. The summed E-state index contributed by atoms with van der Waals surface area (Å²) in [6.07, 6.45) is 5.27. The Bertz CT molecular complexity index is 2860. The van der Waals surface area contributed by atoms with Gasteiger partial charge in [0.2, 0.25) is 0 Å². The maximum absolute atomic E-state index is 15.4. The lowest BCUT2D eigenvalue weighted by atomic mass is 9.82. The number of carbonyl (C=O) groups excluding carboxylic acids is 2. The largest absolute Gasteiger partial charge is 0.495 e. The van der Waals surface area contributed by atoms with Crippen molar-refractivity contribution < 1.29 is 23.4 Å². The molecule has 0 saturated heterocycles. The van der Waals surface area contributed by atoms with Gasteiger partial charge < -0.3 is 27.9 Å². The van der Waals surface area contributed by atoms with Crippen molar-refractivity contribution in [2.45, 2.75) is 61.3 Å². The zero-order valence-electron chi connectivity index (χ0n) is 41.1. The lowest BCUT2D eigenvalue weighted by Gasteiger charge is -2.25. The molecule has 0 atom stereocenters. The molecule has 8 rings (SSSR count). The van der Waals surface area contributed by atoms with E-state index < -0.39 is 0 Å². The summed E-state index contributed by atoms with van der Waals surface area (Å²) in [6, 6.07) is 44.5. The molecule has 1 aliphatic carbocycles. The molecule has 2 aliphatic rings. The van der Waals surface area contributed by atoms with Crippen molar-refractivity contribution in [3.05, 3.63) is 206 Å². The van der Waals surface area contributed by atoms with Gasteiger partial charge in [0.1, 0.15) is 25.8 Å². The van der Waals surface area contributed by atoms with Crippen LogP contribution in [-0.2, 0) is 31.9 Å². The summed E-state index contributed by atoms with van der Waals surface area (Å²) in [5.74, 6) is 12.2. The number of hydrogen-bond donors (Lipinski definition) is 0. The highest BCUT2D eigenvalue weighted by Crippen LogP contribution is 2.47. The predicted molar refractivity (Wildman–Crippen MR) is 283 cm³/mol. The average molecular weight is 938 g/mol. The fourth-order valence-corrected chi connectivity index (χ4v) is 7.52.